The van der Waals surface area contributed by atoms with Gasteiger partial charge in [-0.2, -0.15) is 0 Å². The molecular formula is C38H52O3. The summed E-state index contributed by atoms with van der Waals surface area (Å²) >= 11 is 0. The van der Waals surface area contributed by atoms with E-state index in [-0.39, 0.29) is 33.0 Å². The van der Waals surface area contributed by atoms with E-state index in [0.29, 0.717) is 35.4 Å². The van der Waals surface area contributed by atoms with E-state index >= 15 is 0 Å². The number of Topliss-reactive ketones (excluding diaryl/α,β-unsaturated/α-hetero) is 1. The van der Waals surface area contributed by atoms with Crippen LogP contribution in [0.25, 0.3) is 6.08 Å². The Bertz CT molecular complexity index is 1290. The zero-order chi connectivity index (χ0) is 29.6. The number of carbonyl (C=O) groups is 2. The van der Waals surface area contributed by atoms with Crippen LogP contribution in [0.4, 0.5) is 0 Å². The molecule has 0 unspecified atom stereocenters. The van der Waals surface area contributed by atoms with Crippen LogP contribution in [0.3, 0.4) is 0 Å². The minimum Gasteiger partial charge on any atom is -0.469 e. The minimum absolute atomic E-state index is 0.0273. The van der Waals surface area contributed by atoms with Crippen LogP contribution in [0.15, 0.2) is 48.1 Å². The van der Waals surface area contributed by atoms with Crippen LogP contribution in [0, 0.1) is 56.7 Å². The summed E-state index contributed by atoms with van der Waals surface area (Å²) in [5, 5.41) is 0. The first-order chi connectivity index (χ1) is 19.3. The van der Waals surface area contributed by atoms with Crippen molar-refractivity contribution in [3.8, 4) is 0 Å². The van der Waals surface area contributed by atoms with Gasteiger partial charge < -0.3 is 4.74 Å². The molecule has 0 saturated heterocycles. The van der Waals surface area contributed by atoms with E-state index in [1.54, 1.807) is 7.11 Å². The van der Waals surface area contributed by atoms with Gasteiger partial charge in [0.1, 0.15) is 0 Å². The van der Waals surface area contributed by atoms with Crippen LogP contribution in [0.1, 0.15) is 105 Å². The van der Waals surface area contributed by atoms with Gasteiger partial charge in [0.25, 0.3) is 0 Å². The molecule has 5 aliphatic carbocycles. The lowest BCUT2D eigenvalue weighted by molar-refractivity contribution is -0.232. The third-order valence-electron chi connectivity index (χ3n) is 14.4. The monoisotopic (exact) mass is 556 g/mol. The Hall–Kier alpha value is -2.16. The fourth-order valence-corrected chi connectivity index (χ4v) is 12.4. The summed E-state index contributed by atoms with van der Waals surface area (Å²) in [7, 11) is 1.59. The molecule has 5 aliphatic rings. The average molecular weight is 557 g/mol. The van der Waals surface area contributed by atoms with Crippen molar-refractivity contribution in [1.82, 2.24) is 0 Å². The Morgan fingerprint density at radius 1 is 0.902 bits per heavy atom. The van der Waals surface area contributed by atoms with Gasteiger partial charge in [-0.15, -0.1) is 0 Å². The van der Waals surface area contributed by atoms with Crippen molar-refractivity contribution in [2.75, 3.05) is 7.11 Å². The molecule has 0 heterocycles. The number of methoxy groups -OCH3 is 1. The van der Waals surface area contributed by atoms with E-state index in [4.69, 9.17) is 4.74 Å². The minimum atomic E-state index is -0.365. The molecule has 222 valence electrons. The lowest BCUT2D eigenvalue weighted by Crippen LogP contribution is -2.67. The summed E-state index contributed by atoms with van der Waals surface area (Å²) < 4.78 is 5.54. The van der Waals surface area contributed by atoms with E-state index in [2.05, 4.69) is 78.5 Å². The quantitative estimate of drug-likeness (QED) is 0.212. The summed E-state index contributed by atoms with van der Waals surface area (Å²) in [6.07, 6.45) is 11.7. The first-order valence-corrected chi connectivity index (χ1v) is 16.3. The summed E-state index contributed by atoms with van der Waals surface area (Å²) in [6.45, 7) is 18.9. The largest absolute Gasteiger partial charge is 0.469 e. The molecule has 3 heteroatoms. The Morgan fingerprint density at radius 2 is 1.61 bits per heavy atom. The third kappa shape index (κ3) is 3.75. The molecule has 1 aromatic rings. The zero-order valence-corrected chi connectivity index (χ0v) is 26.6. The lowest BCUT2D eigenvalue weighted by Gasteiger charge is -2.72. The summed E-state index contributed by atoms with van der Waals surface area (Å²) in [6, 6.07) is 10.4. The molecule has 9 atom stereocenters. The topological polar surface area (TPSA) is 43.4 Å². The maximum Gasteiger partial charge on any atom is 0.312 e. The molecule has 0 radical (unpaired) electrons. The predicted octanol–water partition coefficient (Wildman–Crippen LogP) is 9.08. The smallest absolute Gasteiger partial charge is 0.312 e. The number of benzene rings is 1. The number of rotatable bonds is 3. The number of ether oxygens (including phenoxy) is 1. The maximum atomic E-state index is 14.0. The van der Waals surface area contributed by atoms with Gasteiger partial charge in [-0.3, -0.25) is 9.59 Å². The highest BCUT2D eigenvalue weighted by Crippen LogP contribution is 2.77. The van der Waals surface area contributed by atoms with Crippen molar-refractivity contribution in [3.63, 3.8) is 0 Å². The van der Waals surface area contributed by atoms with Crippen molar-refractivity contribution in [2.45, 2.75) is 99.3 Å². The molecule has 0 amide bonds. The van der Waals surface area contributed by atoms with Gasteiger partial charge in [-0.1, -0.05) is 77.1 Å². The molecule has 3 nitrogen and oxygen atoms in total. The number of ketones is 1. The molecule has 5 fully saturated rings. The average Bonchev–Trinajstić information content (AvgIpc) is 3.33. The maximum absolute atomic E-state index is 14.0. The highest BCUT2D eigenvalue weighted by atomic mass is 16.5. The zero-order valence-electron chi connectivity index (χ0n) is 26.6. The SMILES string of the molecule is C=C(C)[C@H]1CC[C@@]2(C(=O)OC)CC[C@]3(C)[C@@H](CC[C@H]4[C@@]5(C)CC(=Cc6ccccc6)C(=O)C(C)(C)[C@@H]5CC[C@]43C)[C@@H]12. The third-order valence-corrected chi connectivity index (χ3v) is 14.4. The van der Waals surface area contributed by atoms with Gasteiger partial charge in [0.2, 0.25) is 0 Å². The molecular weight excluding hydrogens is 504 g/mol. The number of hydrogen-bond donors (Lipinski definition) is 0. The van der Waals surface area contributed by atoms with Crippen LogP contribution >= 0.6 is 0 Å². The molecule has 5 saturated carbocycles. The fourth-order valence-electron chi connectivity index (χ4n) is 12.4. The highest BCUT2D eigenvalue weighted by Gasteiger charge is 2.72. The van der Waals surface area contributed by atoms with E-state index in [0.717, 1.165) is 49.7 Å². The van der Waals surface area contributed by atoms with Crippen LogP contribution in [0.5, 0.6) is 0 Å². The van der Waals surface area contributed by atoms with Gasteiger partial charge in [0.15, 0.2) is 5.78 Å². The normalized spacial score (nSPS) is 45.7. The van der Waals surface area contributed by atoms with E-state index in [1.807, 2.05) is 6.07 Å². The molecule has 0 spiro atoms. The van der Waals surface area contributed by atoms with Crippen LogP contribution < -0.4 is 0 Å². The predicted molar refractivity (Wildman–Crippen MR) is 166 cm³/mol. The fraction of sp³-hybridized carbons (Fsp3) is 0.684. The van der Waals surface area contributed by atoms with Crippen LogP contribution in [-0.2, 0) is 14.3 Å². The first-order valence-electron chi connectivity index (χ1n) is 16.3. The van der Waals surface area contributed by atoms with Gasteiger partial charge in [-0.25, -0.2) is 0 Å². The van der Waals surface area contributed by atoms with Gasteiger partial charge in [-0.05, 0) is 128 Å². The second kappa shape index (κ2) is 9.42. The summed E-state index contributed by atoms with van der Waals surface area (Å²) in [4.78, 5) is 27.5. The Morgan fingerprint density at radius 3 is 2.27 bits per heavy atom. The summed E-state index contributed by atoms with van der Waals surface area (Å²) in [5.74, 6) is 2.55. The number of esters is 1. The molecule has 0 aromatic heterocycles. The second-order valence-corrected chi connectivity index (χ2v) is 16.1. The second-order valence-electron chi connectivity index (χ2n) is 16.1. The molecule has 0 aliphatic heterocycles. The lowest BCUT2D eigenvalue weighted by atomic mass is 9.32. The highest BCUT2D eigenvalue weighted by molar-refractivity contribution is 6.04. The Labute approximate surface area is 248 Å². The first kappa shape index (κ1) is 28.9. The van der Waals surface area contributed by atoms with E-state index in [9.17, 15) is 9.59 Å². The van der Waals surface area contributed by atoms with Crippen molar-refractivity contribution in [3.05, 3.63) is 53.6 Å². The van der Waals surface area contributed by atoms with Crippen LogP contribution in [-0.4, -0.2) is 18.9 Å². The molecule has 6 rings (SSSR count). The van der Waals surface area contributed by atoms with Gasteiger partial charge in [0, 0.05) is 5.41 Å². The molecule has 1 aromatic carbocycles. The number of allylic oxidation sites excluding steroid dienone is 2. The van der Waals surface area contributed by atoms with Crippen molar-refractivity contribution >= 4 is 17.8 Å². The summed E-state index contributed by atoms with van der Waals surface area (Å²) in [5.41, 5.74) is 3.06. The number of carbonyl (C=O) groups excluding carboxylic acids is 2. The molecule has 0 bridgehead atoms. The van der Waals surface area contributed by atoms with Crippen LogP contribution in [0.2, 0.25) is 0 Å². The van der Waals surface area contributed by atoms with Gasteiger partial charge >= 0.3 is 5.97 Å². The number of fused-ring (bicyclic) bond motifs is 7. The molecule has 0 N–H and O–H groups in total. The van der Waals surface area contributed by atoms with Gasteiger partial charge in [0.05, 0.1) is 12.5 Å². The Kier molecular flexibility index (Phi) is 6.65. The van der Waals surface area contributed by atoms with Crippen molar-refractivity contribution in [2.24, 2.45) is 56.7 Å². The van der Waals surface area contributed by atoms with Crippen molar-refractivity contribution < 1.29 is 14.3 Å². The Balaban J connectivity index is 1.42. The standard InChI is InChI=1S/C38H52O3/c1-24(2)27-16-19-38(33(40)41-8)21-20-36(6)28(31(27)38)14-15-30-35(5)23-26(22-25-12-10-9-11-13-25)32(39)34(3,4)29(35)17-18-37(30,36)7/h9-13,22,27-31H,1,14-21,23H2,2-8H3/t27-,28+,29+,30+,31-,35+,36-,37-,38-/m1/s1. The van der Waals surface area contributed by atoms with E-state index < -0.39 is 0 Å². The number of hydrogen-bond acceptors (Lipinski definition) is 3. The molecule has 41 heavy (non-hydrogen) atoms. The van der Waals surface area contributed by atoms with Crippen molar-refractivity contribution in [1.29, 1.82) is 0 Å². The van der Waals surface area contributed by atoms with E-state index in [1.165, 1.54) is 24.8 Å².